The van der Waals surface area contributed by atoms with Gasteiger partial charge in [-0.05, 0) is 19.9 Å². The number of hydrogen-bond acceptors (Lipinski definition) is 3. The van der Waals surface area contributed by atoms with Crippen molar-refractivity contribution in [2.45, 2.75) is 19.9 Å². The van der Waals surface area contributed by atoms with Gasteiger partial charge in [-0.3, -0.25) is 4.68 Å². The van der Waals surface area contributed by atoms with Gasteiger partial charge in [0.25, 0.3) is 0 Å². The fraction of sp³-hybridized carbons (Fsp3) is 0.667. The molecule has 1 atom stereocenters. The smallest absolute Gasteiger partial charge is 0.0597 e. The van der Waals surface area contributed by atoms with E-state index in [1.54, 1.807) is 0 Å². The van der Waals surface area contributed by atoms with Crippen molar-refractivity contribution in [1.82, 2.24) is 15.1 Å². The van der Waals surface area contributed by atoms with Gasteiger partial charge in [0.05, 0.1) is 11.4 Å². The summed E-state index contributed by atoms with van der Waals surface area (Å²) in [5, 5.41) is 7.60. The Balaban J connectivity index is 2.64. The molecule has 1 aromatic heterocycles. The summed E-state index contributed by atoms with van der Waals surface area (Å²) in [6.07, 6.45) is 0. The van der Waals surface area contributed by atoms with E-state index in [-0.39, 0.29) is 0 Å². The van der Waals surface area contributed by atoms with Gasteiger partial charge < -0.3 is 11.1 Å². The summed E-state index contributed by atoms with van der Waals surface area (Å²) in [5.41, 5.74) is 7.67. The van der Waals surface area contributed by atoms with E-state index in [0.717, 1.165) is 12.2 Å². The van der Waals surface area contributed by atoms with E-state index < -0.39 is 0 Å². The maximum atomic E-state index is 5.41. The molecule has 0 aliphatic rings. The largest absolute Gasteiger partial charge is 0.329 e. The van der Waals surface area contributed by atoms with E-state index in [4.69, 9.17) is 5.73 Å². The number of rotatable bonds is 4. The van der Waals surface area contributed by atoms with Crippen molar-refractivity contribution in [3.05, 3.63) is 17.5 Å². The summed E-state index contributed by atoms with van der Waals surface area (Å²) in [7, 11) is 1.96. The Morgan fingerprint density at radius 2 is 2.38 bits per heavy atom. The van der Waals surface area contributed by atoms with Crippen LogP contribution in [0.3, 0.4) is 0 Å². The monoisotopic (exact) mass is 182 g/mol. The maximum Gasteiger partial charge on any atom is 0.0597 e. The minimum absolute atomic E-state index is 0.315. The van der Waals surface area contributed by atoms with Gasteiger partial charge in [0.15, 0.2) is 0 Å². The molecule has 0 amide bonds. The molecule has 0 aromatic carbocycles. The fourth-order valence-corrected chi connectivity index (χ4v) is 1.44. The average molecular weight is 182 g/mol. The molecule has 74 valence electrons. The molecule has 0 radical (unpaired) electrons. The first-order valence-electron chi connectivity index (χ1n) is 4.59. The zero-order valence-corrected chi connectivity index (χ0v) is 8.54. The van der Waals surface area contributed by atoms with Crippen molar-refractivity contribution in [3.63, 3.8) is 0 Å². The third-order valence-electron chi connectivity index (χ3n) is 2.08. The van der Waals surface area contributed by atoms with Crippen molar-refractivity contribution in [3.8, 4) is 0 Å². The van der Waals surface area contributed by atoms with Crippen LogP contribution in [0.5, 0.6) is 0 Å². The van der Waals surface area contributed by atoms with Crippen LogP contribution in [0.2, 0.25) is 0 Å². The zero-order chi connectivity index (χ0) is 9.84. The van der Waals surface area contributed by atoms with Gasteiger partial charge in [0.2, 0.25) is 0 Å². The number of nitrogens with two attached hydrogens (primary N) is 1. The second-order valence-corrected chi connectivity index (χ2v) is 3.30. The highest BCUT2D eigenvalue weighted by molar-refractivity contribution is 5.12. The number of aryl methyl sites for hydroxylation is 2. The lowest BCUT2D eigenvalue weighted by Gasteiger charge is -2.12. The summed E-state index contributed by atoms with van der Waals surface area (Å²) in [6, 6.07) is 2.41. The number of hydrogen-bond donors (Lipinski definition) is 2. The van der Waals surface area contributed by atoms with Gasteiger partial charge in [-0.25, -0.2) is 0 Å². The van der Waals surface area contributed by atoms with Crippen molar-refractivity contribution >= 4 is 0 Å². The fourth-order valence-electron chi connectivity index (χ4n) is 1.44. The van der Waals surface area contributed by atoms with Crippen LogP contribution < -0.4 is 11.1 Å². The second kappa shape index (κ2) is 4.39. The highest BCUT2D eigenvalue weighted by Crippen LogP contribution is 2.11. The van der Waals surface area contributed by atoms with E-state index in [1.165, 1.54) is 5.69 Å². The van der Waals surface area contributed by atoms with Gasteiger partial charge in [-0.15, -0.1) is 0 Å². The second-order valence-electron chi connectivity index (χ2n) is 3.30. The Hall–Kier alpha value is -0.870. The highest BCUT2D eigenvalue weighted by atomic mass is 15.3. The zero-order valence-electron chi connectivity index (χ0n) is 8.54. The Bertz CT molecular complexity index is 267. The number of aromatic nitrogens is 2. The number of nitrogens with zero attached hydrogens (tertiary/aromatic N) is 2. The summed E-state index contributed by atoms with van der Waals surface area (Å²) in [6.45, 7) is 5.62. The Labute approximate surface area is 79.1 Å². The summed E-state index contributed by atoms with van der Waals surface area (Å²) >= 11 is 0. The molecule has 3 N–H and O–H groups in total. The third-order valence-corrected chi connectivity index (χ3v) is 2.08. The highest BCUT2D eigenvalue weighted by Gasteiger charge is 2.09. The van der Waals surface area contributed by atoms with Crippen LogP contribution in [0.4, 0.5) is 0 Å². The lowest BCUT2D eigenvalue weighted by atomic mass is 10.2. The summed E-state index contributed by atoms with van der Waals surface area (Å²) < 4.78 is 1.91. The van der Waals surface area contributed by atoms with E-state index in [1.807, 2.05) is 18.7 Å². The van der Waals surface area contributed by atoms with Crippen LogP contribution in [0.25, 0.3) is 0 Å². The first-order chi connectivity index (χ1) is 6.15. The van der Waals surface area contributed by atoms with Gasteiger partial charge >= 0.3 is 0 Å². The molecular formula is C9H18N4. The molecule has 0 aliphatic carbocycles. The molecule has 4 heteroatoms. The molecule has 0 aliphatic heterocycles. The van der Waals surface area contributed by atoms with Gasteiger partial charge in [-0.1, -0.05) is 0 Å². The molecule has 13 heavy (non-hydrogen) atoms. The standard InChI is InChI=1S/C9H18N4/c1-7-6-9(13(3)12-7)8(2)11-5-4-10/h6,8,11H,4-5,10H2,1-3H3. The van der Waals surface area contributed by atoms with E-state index >= 15 is 0 Å². The molecule has 1 aromatic rings. The summed E-state index contributed by atoms with van der Waals surface area (Å²) in [5.74, 6) is 0. The maximum absolute atomic E-state index is 5.41. The number of nitrogens with one attached hydrogen (secondary N) is 1. The molecule has 1 unspecified atom stereocenters. The molecular weight excluding hydrogens is 164 g/mol. The van der Waals surface area contributed by atoms with E-state index in [9.17, 15) is 0 Å². The molecule has 0 bridgehead atoms. The first kappa shape index (κ1) is 10.2. The minimum Gasteiger partial charge on any atom is -0.329 e. The predicted octanol–water partition coefficient (Wildman–Crippen LogP) is 0.338. The van der Waals surface area contributed by atoms with Crippen molar-refractivity contribution in [2.75, 3.05) is 13.1 Å². The predicted molar refractivity (Wildman–Crippen MR) is 53.4 cm³/mol. The lowest BCUT2D eigenvalue weighted by molar-refractivity contribution is 0.536. The molecule has 1 rings (SSSR count). The first-order valence-corrected chi connectivity index (χ1v) is 4.59. The molecule has 0 saturated heterocycles. The van der Waals surface area contributed by atoms with Crippen LogP contribution in [-0.2, 0) is 7.05 Å². The molecule has 0 spiro atoms. The Kier molecular flexibility index (Phi) is 3.45. The van der Waals surface area contributed by atoms with Crippen LogP contribution >= 0.6 is 0 Å². The quantitative estimate of drug-likeness (QED) is 0.706. The van der Waals surface area contributed by atoms with E-state index in [2.05, 4.69) is 23.4 Å². The van der Waals surface area contributed by atoms with E-state index in [0.29, 0.717) is 12.6 Å². The Morgan fingerprint density at radius 3 is 2.85 bits per heavy atom. The van der Waals surface area contributed by atoms with Crippen LogP contribution in [0.1, 0.15) is 24.4 Å². The van der Waals surface area contributed by atoms with Gasteiger partial charge in [0, 0.05) is 26.2 Å². The van der Waals surface area contributed by atoms with Crippen LogP contribution in [-0.4, -0.2) is 22.9 Å². The van der Waals surface area contributed by atoms with Crippen molar-refractivity contribution in [2.24, 2.45) is 12.8 Å². The van der Waals surface area contributed by atoms with Gasteiger partial charge in [0.1, 0.15) is 0 Å². The van der Waals surface area contributed by atoms with Crippen molar-refractivity contribution < 1.29 is 0 Å². The van der Waals surface area contributed by atoms with Crippen molar-refractivity contribution in [1.29, 1.82) is 0 Å². The molecule has 0 saturated carbocycles. The average Bonchev–Trinajstić information content (AvgIpc) is 2.41. The molecule has 4 nitrogen and oxygen atoms in total. The molecule has 0 fully saturated rings. The minimum atomic E-state index is 0.315. The van der Waals surface area contributed by atoms with Crippen LogP contribution in [0.15, 0.2) is 6.07 Å². The lowest BCUT2D eigenvalue weighted by Crippen LogP contribution is -2.26. The third kappa shape index (κ3) is 2.54. The topological polar surface area (TPSA) is 55.9 Å². The Morgan fingerprint density at radius 1 is 1.69 bits per heavy atom. The van der Waals surface area contributed by atoms with Crippen LogP contribution in [0, 0.1) is 6.92 Å². The SMILES string of the molecule is Cc1cc(C(C)NCCN)n(C)n1. The van der Waals surface area contributed by atoms with Gasteiger partial charge in [-0.2, -0.15) is 5.10 Å². The normalized spacial score (nSPS) is 13.2. The summed E-state index contributed by atoms with van der Waals surface area (Å²) in [4.78, 5) is 0. The molecule has 1 heterocycles.